The van der Waals surface area contributed by atoms with Gasteiger partial charge in [0.15, 0.2) is 5.78 Å². The Morgan fingerprint density at radius 3 is 2.26 bits per heavy atom. The topological polar surface area (TPSA) is 89.9 Å². The molecule has 2 saturated carbocycles. The van der Waals surface area contributed by atoms with Gasteiger partial charge in [-0.15, -0.1) is 0 Å². The summed E-state index contributed by atoms with van der Waals surface area (Å²) in [4.78, 5) is 39.6. The average Bonchev–Trinajstić information content (AvgIpc) is 2.90. The zero-order valence-electron chi connectivity index (χ0n) is 18.1. The maximum Gasteiger partial charge on any atom is 0.339 e. The summed E-state index contributed by atoms with van der Waals surface area (Å²) in [7, 11) is 0. The lowest BCUT2D eigenvalue weighted by Gasteiger charge is -2.33. The van der Waals surface area contributed by atoms with Crippen LogP contribution in [-0.2, 0) is 9.59 Å². The number of carbonyl (C=O) groups excluding carboxylic acids is 2. The molecule has 1 aromatic rings. The van der Waals surface area contributed by atoms with Gasteiger partial charge in [-0.05, 0) is 43.2 Å². The number of urea groups is 1. The van der Waals surface area contributed by atoms with Crippen molar-refractivity contribution >= 4 is 23.5 Å². The number of carboxylic acids is 1. The van der Waals surface area contributed by atoms with Gasteiger partial charge < -0.3 is 5.11 Å². The number of carbonyl (C=O) groups is 3. The lowest BCUT2D eigenvalue weighted by Crippen LogP contribution is -2.53. The normalized spacial score (nSPS) is 23.4. The number of hydrogen-bond acceptors (Lipinski definition) is 4. The fraction of sp³-hybridized carbons (Fsp3) is 0.625. The van der Waals surface area contributed by atoms with E-state index in [9.17, 15) is 19.5 Å². The Morgan fingerprint density at radius 1 is 0.935 bits per heavy atom. The van der Waals surface area contributed by atoms with E-state index in [1.165, 1.54) is 16.3 Å². The van der Waals surface area contributed by atoms with Gasteiger partial charge in [0.25, 0.3) is 0 Å². The first-order chi connectivity index (χ1) is 15.0. The number of nitrogens with one attached hydrogen (secondary N) is 1. The lowest BCUT2D eigenvalue weighted by atomic mass is 9.81. The molecular weight excluding hydrogens is 394 g/mol. The molecule has 0 bridgehead atoms. The van der Waals surface area contributed by atoms with E-state index >= 15 is 0 Å². The second-order valence-electron chi connectivity index (χ2n) is 9.21. The molecule has 2 aliphatic carbocycles. The van der Waals surface area contributed by atoms with Crippen LogP contribution in [0.1, 0.15) is 75.8 Å². The van der Waals surface area contributed by atoms with Crippen LogP contribution in [0.3, 0.4) is 0 Å². The largest absolute Gasteiger partial charge is 0.480 e. The van der Waals surface area contributed by atoms with Crippen LogP contribution in [0, 0.1) is 11.8 Å². The van der Waals surface area contributed by atoms with Crippen LogP contribution in [0.15, 0.2) is 24.3 Å². The van der Waals surface area contributed by atoms with Gasteiger partial charge in [0.1, 0.15) is 6.54 Å². The standard InChI is InChI=1S/C24H33N3O4/c28-21(17-9-3-1-4-10-17)15-26-20-14-8-7-13-19(20)23(18-11-5-2-6-12-18)25-27(24(26)31)16-22(29)30/h7-8,13-14,17-18,23,25H,1-6,9-12,15-16H2,(H,29,30). The van der Waals surface area contributed by atoms with Crippen LogP contribution >= 0.6 is 0 Å². The molecule has 1 atom stereocenters. The second-order valence-corrected chi connectivity index (χ2v) is 9.21. The number of ketones is 1. The van der Waals surface area contributed by atoms with E-state index in [-0.39, 0.29) is 24.3 Å². The number of aliphatic carboxylic acids is 1. The predicted molar refractivity (Wildman–Crippen MR) is 118 cm³/mol. The number of Topliss-reactive ketones (excluding diaryl/α,β-unsaturated/α-hetero) is 1. The van der Waals surface area contributed by atoms with Crippen LogP contribution in [0.2, 0.25) is 0 Å². The fourth-order valence-corrected chi connectivity index (χ4v) is 5.48. The van der Waals surface area contributed by atoms with Gasteiger partial charge in [0, 0.05) is 5.92 Å². The highest BCUT2D eigenvalue weighted by atomic mass is 16.4. The minimum atomic E-state index is -1.08. The average molecular weight is 428 g/mol. The summed E-state index contributed by atoms with van der Waals surface area (Å²) in [6.45, 7) is -0.445. The molecule has 7 nitrogen and oxygen atoms in total. The second kappa shape index (κ2) is 9.81. The molecule has 2 N–H and O–H groups in total. The molecular formula is C24H33N3O4. The molecule has 7 heteroatoms. The molecule has 168 valence electrons. The van der Waals surface area contributed by atoms with E-state index in [4.69, 9.17) is 0 Å². The van der Waals surface area contributed by atoms with Crippen LogP contribution in [0.5, 0.6) is 0 Å². The first-order valence-electron chi connectivity index (χ1n) is 11.7. The Balaban J connectivity index is 1.67. The summed E-state index contributed by atoms with van der Waals surface area (Å²) in [6.07, 6.45) is 10.6. The molecule has 2 amide bonds. The van der Waals surface area contributed by atoms with Crippen molar-refractivity contribution in [2.45, 2.75) is 70.3 Å². The number of hydrogen-bond donors (Lipinski definition) is 2. The summed E-state index contributed by atoms with van der Waals surface area (Å²) >= 11 is 0. The van der Waals surface area contributed by atoms with E-state index in [1.807, 2.05) is 24.3 Å². The van der Waals surface area contributed by atoms with Crippen molar-refractivity contribution in [1.29, 1.82) is 0 Å². The van der Waals surface area contributed by atoms with Crippen molar-refractivity contribution in [2.24, 2.45) is 11.8 Å². The van der Waals surface area contributed by atoms with Crippen molar-refractivity contribution in [3.05, 3.63) is 29.8 Å². The molecule has 1 aromatic carbocycles. The minimum Gasteiger partial charge on any atom is -0.480 e. The van der Waals surface area contributed by atoms with Gasteiger partial charge in [0.05, 0.1) is 18.3 Å². The SMILES string of the molecule is O=C(O)CN1NC(C2CCCCC2)c2ccccc2N(CC(=O)C2CCCCC2)C1=O. The smallest absolute Gasteiger partial charge is 0.339 e. The van der Waals surface area contributed by atoms with Crippen LogP contribution < -0.4 is 10.3 Å². The van der Waals surface area contributed by atoms with E-state index in [0.29, 0.717) is 5.92 Å². The number of carboxylic acid groups (broad SMARTS) is 1. The van der Waals surface area contributed by atoms with Crippen molar-refractivity contribution in [1.82, 2.24) is 10.4 Å². The van der Waals surface area contributed by atoms with Crippen LogP contribution in [0.25, 0.3) is 0 Å². The maximum absolute atomic E-state index is 13.5. The third kappa shape index (κ3) is 4.92. The Kier molecular flexibility index (Phi) is 6.90. The number of para-hydroxylation sites is 1. The summed E-state index contributed by atoms with van der Waals surface area (Å²) in [6, 6.07) is 7.14. The molecule has 4 rings (SSSR count). The summed E-state index contributed by atoms with van der Waals surface area (Å²) in [5.74, 6) is -0.679. The van der Waals surface area contributed by atoms with Gasteiger partial charge in [-0.1, -0.05) is 56.7 Å². The van der Waals surface area contributed by atoms with Gasteiger partial charge in [-0.2, -0.15) is 0 Å². The van der Waals surface area contributed by atoms with E-state index in [1.54, 1.807) is 0 Å². The number of anilines is 1. The Bertz CT molecular complexity index is 815. The number of amides is 2. The number of fused-ring (bicyclic) bond motifs is 1. The summed E-state index contributed by atoms with van der Waals surface area (Å²) < 4.78 is 0. The fourth-order valence-electron chi connectivity index (χ4n) is 5.48. The van der Waals surface area contributed by atoms with Gasteiger partial charge in [-0.25, -0.2) is 15.2 Å². The Morgan fingerprint density at radius 2 is 1.58 bits per heavy atom. The molecule has 2 fully saturated rings. The van der Waals surface area contributed by atoms with E-state index < -0.39 is 18.5 Å². The molecule has 0 saturated heterocycles. The van der Waals surface area contributed by atoms with E-state index in [2.05, 4.69) is 5.43 Å². The number of benzene rings is 1. The highest BCUT2D eigenvalue weighted by molar-refractivity contribution is 6.00. The Hall–Kier alpha value is -2.41. The van der Waals surface area contributed by atoms with Gasteiger partial charge in [-0.3, -0.25) is 14.5 Å². The van der Waals surface area contributed by atoms with Crippen molar-refractivity contribution < 1.29 is 19.5 Å². The third-order valence-corrected chi connectivity index (χ3v) is 7.11. The molecule has 1 heterocycles. The quantitative estimate of drug-likeness (QED) is 0.707. The Labute approximate surface area is 183 Å². The zero-order chi connectivity index (χ0) is 21.8. The van der Waals surface area contributed by atoms with Gasteiger partial charge >= 0.3 is 12.0 Å². The van der Waals surface area contributed by atoms with Crippen molar-refractivity contribution in [2.75, 3.05) is 18.0 Å². The molecule has 0 aromatic heterocycles. The monoisotopic (exact) mass is 427 g/mol. The molecule has 1 unspecified atom stereocenters. The van der Waals surface area contributed by atoms with Crippen LogP contribution in [0.4, 0.5) is 10.5 Å². The van der Waals surface area contributed by atoms with Gasteiger partial charge in [0.2, 0.25) is 0 Å². The molecule has 1 aliphatic heterocycles. The first-order valence-corrected chi connectivity index (χ1v) is 11.7. The van der Waals surface area contributed by atoms with Crippen molar-refractivity contribution in [3.63, 3.8) is 0 Å². The number of nitrogens with zero attached hydrogens (tertiary/aromatic N) is 2. The molecule has 0 spiro atoms. The third-order valence-electron chi connectivity index (χ3n) is 7.11. The molecule has 3 aliphatic rings. The minimum absolute atomic E-state index is 0.00427. The molecule has 0 radical (unpaired) electrons. The first kappa shape index (κ1) is 21.8. The maximum atomic E-state index is 13.5. The predicted octanol–water partition coefficient (Wildman–Crippen LogP) is 4.29. The highest BCUT2D eigenvalue weighted by Gasteiger charge is 2.38. The zero-order valence-corrected chi connectivity index (χ0v) is 18.1. The number of hydrazine groups is 1. The van der Waals surface area contributed by atoms with Crippen molar-refractivity contribution in [3.8, 4) is 0 Å². The summed E-state index contributed by atoms with van der Waals surface area (Å²) in [5.41, 5.74) is 4.96. The lowest BCUT2D eigenvalue weighted by molar-refractivity contribution is -0.138. The number of rotatable bonds is 6. The molecule has 31 heavy (non-hydrogen) atoms. The highest BCUT2D eigenvalue weighted by Crippen LogP contribution is 2.40. The summed E-state index contributed by atoms with van der Waals surface area (Å²) in [5, 5.41) is 10.6. The van der Waals surface area contributed by atoms with E-state index in [0.717, 1.165) is 69.0 Å². The van der Waals surface area contributed by atoms with Crippen LogP contribution in [-0.4, -0.2) is 41.0 Å².